The van der Waals surface area contributed by atoms with Crippen molar-refractivity contribution >= 4 is 40.6 Å². The van der Waals surface area contributed by atoms with Crippen LogP contribution in [-0.2, 0) is 11.3 Å². The van der Waals surface area contributed by atoms with Gasteiger partial charge in [0.25, 0.3) is 11.5 Å². The Labute approximate surface area is 210 Å². The molecule has 0 fully saturated rings. The van der Waals surface area contributed by atoms with Crippen LogP contribution in [0.4, 0.5) is 5.69 Å². The minimum atomic E-state index is -0.723. The van der Waals surface area contributed by atoms with E-state index >= 15 is 0 Å². The Bertz CT molecular complexity index is 1630. The Kier molecular flexibility index (Phi) is 6.23. The lowest BCUT2D eigenvalue weighted by Gasteiger charge is -2.26. The SMILES string of the molecule is CCn1ccc(/C=c2/sc3n(c2=O)[C@H](c2ccccc2Cl)C(C(=O)Nc2ccccc2)=C(C)N=3)n1. The summed E-state index contributed by atoms with van der Waals surface area (Å²) in [5, 5.41) is 7.86. The number of aryl methyl sites for hydroxylation is 1. The lowest BCUT2D eigenvalue weighted by Crippen LogP contribution is -2.40. The highest BCUT2D eigenvalue weighted by Crippen LogP contribution is 2.34. The molecule has 7 nitrogen and oxygen atoms in total. The predicted octanol–water partition coefficient (Wildman–Crippen LogP) is 3.74. The van der Waals surface area contributed by atoms with Crippen molar-refractivity contribution in [3.05, 3.63) is 114 Å². The van der Waals surface area contributed by atoms with Crippen molar-refractivity contribution < 1.29 is 4.79 Å². The summed E-state index contributed by atoms with van der Waals surface area (Å²) >= 11 is 7.86. The maximum atomic E-state index is 13.7. The average Bonchev–Trinajstić information content (AvgIpc) is 3.43. The van der Waals surface area contributed by atoms with Crippen molar-refractivity contribution in [2.45, 2.75) is 26.4 Å². The van der Waals surface area contributed by atoms with Gasteiger partial charge in [0.2, 0.25) is 0 Å². The molecule has 3 heterocycles. The average molecular weight is 504 g/mol. The normalized spacial score (nSPS) is 15.6. The molecular weight excluding hydrogens is 482 g/mol. The number of carbonyl (C=O) groups excluding carboxylic acids is 1. The van der Waals surface area contributed by atoms with Crippen LogP contribution in [0.3, 0.4) is 0 Å². The van der Waals surface area contributed by atoms with Crippen LogP contribution in [0.5, 0.6) is 0 Å². The second-order valence-electron chi connectivity index (χ2n) is 8.02. The third-order valence-electron chi connectivity index (χ3n) is 5.76. The van der Waals surface area contributed by atoms with Crippen LogP contribution < -0.4 is 20.2 Å². The zero-order chi connectivity index (χ0) is 24.5. The van der Waals surface area contributed by atoms with Crippen LogP contribution in [0.1, 0.15) is 31.1 Å². The van der Waals surface area contributed by atoms with Gasteiger partial charge in [-0.3, -0.25) is 18.8 Å². The van der Waals surface area contributed by atoms with Crippen LogP contribution in [0.15, 0.2) is 87.9 Å². The summed E-state index contributed by atoms with van der Waals surface area (Å²) in [5.74, 6) is -0.335. The van der Waals surface area contributed by atoms with Gasteiger partial charge in [-0.1, -0.05) is 59.3 Å². The molecule has 0 unspecified atom stereocenters. The van der Waals surface area contributed by atoms with Gasteiger partial charge >= 0.3 is 0 Å². The number of nitrogens with one attached hydrogen (secondary N) is 1. The zero-order valence-electron chi connectivity index (χ0n) is 19.1. The zero-order valence-corrected chi connectivity index (χ0v) is 20.7. The predicted molar refractivity (Wildman–Crippen MR) is 138 cm³/mol. The second-order valence-corrected chi connectivity index (χ2v) is 9.44. The van der Waals surface area contributed by atoms with E-state index in [0.29, 0.717) is 42.6 Å². The van der Waals surface area contributed by atoms with Gasteiger partial charge in [0.1, 0.15) is 0 Å². The third-order valence-corrected chi connectivity index (χ3v) is 7.09. The molecule has 9 heteroatoms. The molecule has 1 aliphatic rings. The van der Waals surface area contributed by atoms with Crippen molar-refractivity contribution in [3.8, 4) is 0 Å². The highest BCUT2D eigenvalue weighted by Gasteiger charge is 2.33. The number of amides is 1. The first-order valence-corrected chi connectivity index (χ1v) is 12.3. The van der Waals surface area contributed by atoms with Crippen LogP contribution in [-0.4, -0.2) is 20.3 Å². The van der Waals surface area contributed by atoms with Crippen LogP contribution in [0.2, 0.25) is 5.02 Å². The molecule has 5 rings (SSSR count). The summed E-state index contributed by atoms with van der Waals surface area (Å²) < 4.78 is 3.84. The van der Waals surface area contributed by atoms with E-state index in [1.807, 2.05) is 67.7 Å². The minimum Gasteiger partial charge on any atom is -0.322 e. The number of fused-ring (bicyclic) bond motifs is 1. The molecule has 2 aromatic carbocycles. The number of carbonyl (C=O) groups is 1. The van der Waals surface area contributed by atoms with Gasteiger partial charge in [-0.25, -0.2) is 4.99 Å². The first kappa shape index (κ1) is 23.0. The molecule has 0 radical (unpaired) electrons. The summed E-state index contributed by atoms with van der Waals surface area (Å²) in [7, 11) is 0. The Balaban J connectivity index is 1.68. The van der Waals surface area contributed by atoms with Crippen LogP contribution in [0.25, 0.3) is 6.08 Å². The van der Waals surface area contributed by atoms with Gasteiger partial charge in [0.15, 0.2) is 4.80 Å². The molecule has 0 spiro atoms. The fraction of sp³-hybridized carbons (Fsp3) is 0.154. The first-order valence-electron chi connectivity index (χ1n) is 11.1. The van der Waals surface area contributed by atoms with Gasteiger partial charge in [0.05, 0.1) is 27.5 Å². The van der Waals surface area contributed by atoms with E-state index in [-0.39, 0.29) is 11.5 Å². The molecule has 0 aliphatic carbocycles. The van der Waals surface area contributed by atoms with Crippen molar-refractivity contribution in [3.63, 3.8) is 0 Å². The molecule has 1 N–H and O–H groups in total. The first-order chi connectivity index (χ1) is 17.0. The number of rotatable bonds is 5. The van der Waals surface area contributed by atoms with Crippen molar-refractivity contribution in [1.82, 2.24) is 14.3 Å². The van der Waals surface area contributed by atoms with Gasteiger partial charge in [-0.2, -0.15) is 5.10 Å². The summed E-state index contributed by atoms with van der Waals surface area (Å²) in [6, 6.07) is 17.6. The Morgan fingerprint density at radius 1 is 1.14 bits per heavy atom. The quantitative estimate of drug-likeness (QED) is 0.450. The number of hydrogen-bond donors (Lipinski definition) is 1. The van der Waals surface area contributed by atoms with E-state index < -0.39 is 6.04 Å². The van der Waals surface area contributed by atoms with Gasteiger partial charge < -0.3 is 5.32 Å². The van der Waals surface area contributed by atoms with Crippen molar-refractivity contribution in [2.24, 2.45) is 4.99 Å². The number of thiazole rings is 1. The maximum Gasteiger partial charge on any atom is 0.271 e. The van der Waals surface area contributed by atoms with E-state index in [2.05, 4.69) is 15.4 Å². The van der Waals surface area contributed by atoms with Crippen LogP contribution >= 0.6 is 22.9 Å². The van der Waals surface area contributed by atoms with Gasteiger partial charge in [-0.15, -0.1) is 0 Å². The third kappa shape index (κ3) is 4.38. The number of aromatic nitrogens is 3. The highest BCUT2D eigenvalue weighted by molar-refractivity contribution is 7.07. The van der Waals surface area contributed by atoms with E-state index in [1.54, 1.807) is 28.3 Å². The molecule has 1 amide bonds. The highest BCUT2D eigenvalue weighted by atomic mass is 35.5. The van der Waals surface area contributed by atoms with E-state index in [1.165, 1.54) is 11.3 Å². The molecule has 2 aromatic heterocycles. The fourth-order valence-electron chi connectivity index (χ4n) is 4.09. The van der Waals surface area contributed by atoms with Gasteiger partial charge in [0, 0.05) is 23.5 Å². The molecule has 1 atom stereocenters. The molecule has 0 bridgehead atoms. The fourth-order valence-corrected chi connectivity index (χ4v) is 5.36. The number of hydrogen-bond acceptors (Lipinski definition) is 5. The van der Waals surface area contributed by atoms with Crippen molar-refractivity contribution in [1.29, 1.82) is 0 Å². The second kappa shape index (κ2) is 9.48. The topological polar surface area (TPSA) is 81.3 Å². The summed E-state index contributed by atoms with van der Waals surface area (Å²) in [6.07, 6.45) is 3.62. The maximum absolute atomic E-state index is 13.7. The summed E-state index contributed by atoms with van der Waals surface area (Å²) in [6.45, 7) is 4.52. The molecule has 35 heavy (non-hydrogen) atoms. The van der Waals surface area contributed by atoms with Crippen LogP contribution in [0, 0.1) is 0 Å². The summed E-state index contributed by atoms with van der Waals surface area (Å²) in [5.41, 5.74) is 2.65. The molecule has 0 saturated carbocycles. The Morgan fingerprint density at radius 2 is 1.89 bits per heavy atom. The molecular formula is C26H22ClN5O2S. The molecule has 0 saturated heterocycles. The van der Waals surface area contributed by atoms with Crippen molar-refractivity contribution in [2.75, 3.05) is 5.32 Å². The lowest BCUT2D eigenvalue weighted by molar-refractivity contribution is -0.113. The van der Waals surface area contributed by atoms with Gasteiger partial charge in [-0.05, 0) is 49.8 Å². The number of nitrogens with zero attached hydrogens (tertiary/aromatic N) is 4. The minimum absolute atomic E-state index is 0.248. The van der Waals surface area contributed by atoms with E-state index in [0.717, 1.165) is 6.54 Å². The van der Waals surface area contributed by atoms with E-state index in [9.17, 15) is 9.59 Å². The monoisotopic (exact) mass is 503 g/mol. The standard InChI is InChI=1S/C26H22ClN5O2S/c1-3-31-14-13-18(30-31)15-21-25(34)32-23(19-11-7-8-12-20(19)27)22(16(2)28-26(32)35-21)24(33)29-17-9-5-4-6-10-17/h4-15,23H,3H2,1-2H3,(H,29,33)/b21-15+/t23-/m1/s1. The number of halogens is 1. The summed E-state index contributed by atoms with van der Waals surface area (Å²) in [4.78, 5) is 32.4. The molecule has 4 aromatic rings. The van der Waals surface area contributed by atoms with E-state index in [4.69, 9.17) is 11.6 Å². The molecule has 176 valence electrons. The molecule has 1 aliphatic heterocycles. The number of benzene rings is 2. The number of anilines is 1. The number of para-hydroxylation sites is 1. The largest absolute Gasteiger partial charge is 0.322 e. The number of allylic oxidation sites excluding steroid dienone is 1. The lowest BCUT2D eigenvalue weighted by atomic mass is 9.95. The Morgan fingerprint density at radius 3 is 2.60 bits per heavy atom. The Hall–Kier alpha value is -3.75. The smallest absolute Gasteiger partial charge is 0.271 e.